The summed E-state index contributed by atoms with van der Waals surface area (Å²) < 4.78 is 0. The molecule has 2 rings (SSSR count). The van der Waals surface area contributed by atoms with Crippen molar-refractivity contribution in [3.8, 4) is 0 Å². The number of allylic oxidation sites excluding steroid dienone is 3. The molecule has 0 aromatic carbocycles. The second kappa shape index (κ2) is 3.35. The molecule has 1 atom stereocenters. The molecule has 14 heavy (non-hydrogen) atoms. The van der Waals surface area contributed by atoms with E-state index in [9.17, 15) is 5.11 Å². The van der Waals surface area contributed by atoms with Crippen molar-refractivity contribution in [3.63, 3.8) is 0 Å². The van der Waals surface area contributed by atoms with Gasteiger partial charge < -0.3 is 9.94 Å². The van der Waals surface area contributed by atoms with E-state index in [4.69, 9.17) is 4.84 Å². The van der Waals surface area contributed by atoms with E-state index in [1.54, 1.807) is 12.3 Å². The Morgan fingerprint density at radius 2 is 2.29 bits per heavy atom. The van der Waals surface area contributed by atoms with Gasteiger partial charge in [0.25, 0.3) is 0 Å². The molecule has 0 radical (unpaired) electrons. The summed E-state index contributed by atoms with van der Waals surface area (Å²) >= 11 is 0. The maximum Gasteiger partial charge on any atom is 0.161 e. The van der Waals surface area contributed by atoms with Gasteiger partial charge in [-0.1, -0.05) is 19.1 Å². The van der Waals surface area contributed by atoms with Crippen molar-refractivity contribution in [1.29, 1.82) is 0 Å². The first-order valence-corrected chi connectivity index (χ1v) is 4.68. The van der Waals surface area contributed by atoms with Crippen LogP contribution in [0.5, 0.6) is 0 Å². The molecule has 0 aromatic heterocycles. The third kappa shape index (κ3) is 1.36. The van der Waals surface area contributed by atoms with Gasteiger partial charge in [0, 0.05) is 11.8 Å². The maximum absolute atomic E-state index is 10.3. The van der Waals surface area contributed by atoms with Gasteiger partial charge >= 0.3 is 0 Å². The van der Waals surface area contributed by atoms with Crippen LogP contribution in [0.2, 0.25) is 0 Å². The lowest BCUT2D eigenvalue weighted by Gasteiger charge is -2.27. The summed E-state index contributed by atoms with van der Waals surface area (Å²) in [6.45, 7) is 1.94. The second-order valence-corrected chi connectivity index (χ2v) is 3.33. The molecular formula is C11H13NO2. The van der Waals surface area contributed by atoms with E-state index in [1.165, 1.54) is 0 Å². The van der Waals surface area contributed by atoms with Crippen LogP contribution in [0, 0.1) is 0 Å². The monoisotopic (exact) mass is 191 g/mol. The molecule has 1 aliphatic carbocycles. The normalized spacial score (nSPS) is 29.3. The quantitative estimate of drug-likeness (QED) is 0.660. The Morgan fingerprint density at radius 3 is 3.07 bits per heavy atom. The zero-order chi connectivity index (χ0) is 10.0. The fourth-order valence-electron chi connectivity index (χ4n) is 1.59. The summed E-state index contributed by atoms with van der Waals surface area (Å²) in [5.74, 6) is 0.668. The first-order valence-electron chi connectivity index (χ1n) is 4.68. The lowest BCUT2D eigenvalue weighted by atomic mass is 9.89. The minimum absolute atomic E-state index is 0.623. The van der Waals surface area contributed by atoms with Gasteiger partial charge in [-0.05, 0) is 24.6 Å². The van der Waals surface area contributed by atoms with Crippen molar-refractivity contribution in [2.75, 3.05) is 0 Å². The molecule has 0 saturated heterocycles. The minimum atomic E-state index is -0.919. The fourth-order valence-corrected chi connectivity index (χ4v) is 1.59. The molecule has 3 nitrogen and oxygen atoms in total. The number of rotatable bonds is 1. The maximum atomic E-state index is 10.3. The zero-order valence-corrected chi connectivity index (χ0v) is 8.03. The van der Waals surface area contributed by atoms with E-state index < -0.39 is 5.60 Å². The predicted molar refractivity (Wildman–Crippen MR) is 53.9 cm³/mol. The molecule has 2 aliphatic rings. The summed E-state index contributed by atoms with van der Waals surface area (Å²) in [5.41, 5.74) is 2.52. The molecule has 3 heteroatoms. The van der Waals surface area contributed by atoms with Gasteiger partial charge in [0.05, 0.1) is 0 Å². The molecular weight excluding hydrogens is 178 g/mol. The Kier molecular flexibility index (Phi) is 2.17. The van der Waals surface area contributed by atoms with Gasteiger partial charge in [-0.25, -0.2) is 5.48 Å². The van der Waals surface area contributed by atoms with E-state index in [1.807, 2.05) is 31.2 Å². The SMILES string of the molecule is CCC1(O)C=CC=CC2=C1C=CNO2. The average Bonchev–Trinajstić information content (AvgIpc) is 2.40. The van der Waals surface area contributed by atoms with Crippen LogP contribution in [0.15, 0.2) is 47.9 Å². The van der Waals surface area contributed by atoms with Crippen LogP contribution >= 0.6 is 0 Å². The van der Waals surface area contributed by atoms with Crippen LogP contribution < -0.4 is 5.48 Å². The number of aliphatic hydroxyl groups is 1. The van der Waals surface area contributed by atoms with Crippen LogP contribution in [-0.2, 0) is 4.84 Å². The predicted octanol–water partition coefficient (Wildman–Crippen LogP) is 1.56. The third-order valence-corrected chi connectivity index (χ3v) is 2.49. The highest BCUT2D eigenvalue weighted by molar-refractivity contribution is 5.44. The third-order valence-electron chi connectivity index (χ3n) is 2.49. The Bertz CT molecular complexity index is 352. The van der Waals surface area contributed by atoms with Crippen molar-refractivity contribution < 1.29 is 9.94 Å². The molecule has 0 amide bonds. The van der Waals surface area contributed by atoms with Gasteiger partial charge in [0.1, 0.15) is 5.60 Å². The molecule has 1 unspecified atom stereocenters. The lowest BCUT2D eigenvalue weighted by Crippen LogP contribution is -2.30. The molecule has 74 valence electrons. The van der Waals surface area contributed by atoms with E-state index in [-0.39, 0.29) is 0 Å². The Morgan fingerprint density at radius 1 is 1.43 bits per heavy atom. The number of nitrogens with one attached hydrogen (secondary N) is 1. The highest BCUT2D eigenvalue weighted by Crippen LogP contribution is 2.30. The van der Waals surface area contributed by atoms with Gasteiger partial charge in [-0.15, -0.1) is 0 Å². The number of hydroxylamine groups is 1. The van der Waals surface area contributed by atoms with Crippen molar-refractivity contribution >= 4 is 0 Å². The summed E-state index contributed by atoms with van der Waals surface area (Å²) in [5, 5.41) is 10.3. The first kappa shape index (κ1) is 9.09. The summed E-state index contributed by atoms with van der Waals surface area (Å²) in [6, 6.07) is 0. The second-order valence-electron chi connectivity index (χ2n) is 3.33. The molecule has 0 bridgehead atoms. The van der Waals surface area contributed by atoms with Gasteiger partial charge in [0.2, 0.25) is 0 Å². The van der Waals surface area contributed by atoms with Gasteiger partial charge in [-0.2, -0.15) is 0 Å². The van der Waals surface area contributed by atoms with Crippen molar-refractivity contribution in [2.24, 2.45) is 0 Å². The van der Waals surface area contributed by atoms with E-state index in [0.717, 1.165) is 5.57 Å². The van der Waals surface area contributed by atoms with Crippen molar-refractivity contribution in [2.45, 2.75) is 18.9 Å². The summed E-state index contributed by atoms with van der Waals surface area (Å²) in [7, 11) is 0. The molecule has 0 spiro atoms. The highest BCUT2D eigenvalue weighted by Gasteiger charge is 2.30. The molecule has 1 heterocycles. The van der Waals surface area contributed by atoms with Crippen molar-refractivity contribution in [3.05, 3.63) is 47.9 Å². The van der Waals surface area contributed by atoms with E-state index >= 15 is 0 Å². The highest BCUT2D eigenvalue weighted by atomic mass is 16.6. The Hall–Kier alpha value is -1.48. The minimum Gasteiger partial charge on any atom is -0.382 e. The van der Waals surface area contributed by atoms with Crippen LogP contribution in [0.3, 0.4) is 0 Å². The molecule has 0 fully saturated rings. The summed E-state index contributed by atoms with van der Waals surface area (Å²) in [6.07, 6.45) is 11.4. The van der Waals surface area contributed by atoms with Gasteiger partial charge in [-0.3, -0.25) is 0 Å². The van der Waals surface area contributed by atoms with E-state index in [0.29, 0.717) is 12.2 Å². The van der Waals surface area contributed by atoms with Crippen LogP contribution in [0.1, 0.15) is 13.3 Å². The van der Waals surface area contributed by atoms with Crippen LogP contribution in [0.4, 0.5) is 0 Å². The molecule has 2 N–H and O–H groups in total. The van der Waals surface area contributed by atoms with Gasteiger partial charge in [0.15, 0.2) is 5.76 Å². The van der Waals surface area contributed by atoms with Crippen molar-refractivity contribution in [1.82, 2.24) is 5.48 Å². The zero-order valence-electron chi connectivity index (χ0n) is 8.03. The Balaban J connectivity index is 2.49. The first-order chi connectivity index (χ1) is 6.76. The smallest absolute Gasteiger partial charge is 0.161 e. The van der Waals surface area contributed by atoms with E-state index in [2.05, 4.69) is 5.48 Å². The average molecular weight is 191 g/mol. The Labute approximate surface area is 83.0 Å². The molecule has 0 aromatic rings. The largest absolute Gasteiger partial charge is 0.382 e. The number of hydrogen-bond donors (Lipinski definition) is 2. The fraction of sp³-hybridized carbons (Fsp3) is 0.273. The summed E-state index contributed by atoms with van der Waals surface area (Å²) in [4.78, 5) is 5.22. The van der Waals surface area contributed by atoms with Crippen LogP contribution in [0.25, 0.3) is 0 Å². The topological polar surface area (TPSA) is 41.5 Å². The van der Waals surface area contributed by atoms with Crippen LogP contribution in [-0.4, -0.2) is 10.7 Å². The molecule has 0 saturated carbocycles. The standard InChI is InChI=1S/C11H13NO2/c1-2-11(13)7-4-3-5-10-9(11)6-8-12-14-10/h3-8,12-13H,2H2,1H3. The number of hydrogen-bond acceptors (Lipinski definition) is 3. The molecule has 1 aliphatic heterocycles. The lowest BCUT2D eigenvalue weighted by molar-refractivity contribution is 0.100.